The fourth-order valence-electron chi connectivity index (χ4n) is 3.29. The van der Waals surface area contributed by atoms with Gasteiger partial charge in [0, 0.05) is 5.56 Å². The lowest BCUT2D eigenvalue weighted by molar-refractivity contribution is -0.123. The average Bonchev–Trinajstić information content (AvgIpc) is 3.17. The lowest BCUT2D eigenvalue weighted by Gasteiger charge is -2.21. The third kappa shape index (κ3) is 2.56. The van der Waals surface area contributed by atoms with E-state index in [0.29, 0.717) is 11.3 Å². The molecule has 0 aromatic heterocycles. The summed E-state index contributed by atoms with van der Waals surface area (Å²) < 4.78 is 13.9. The van der Waals surface area contributed by atoms with Crippen LogP contribution in [0, 0.1) is 5.82 Å². The normalized spacial score (nSPS) is 21.6. The van der Waals surface area contributed by atoms with E-state index in [9.17, 15) is 14.0 Å². The van der Waals surface area contributed by atoms with Gasteiger partial charge in [-0.3, -0.25) is 14.6 Å². The van der Waals surface area contributed by atoms with E-state index in [1.54, 1.807) is 30.3 Å². The molecule has 0 unspecified atom stereocenters. The van der Waals surface area contributed by atoms with E-state index in [-0.39, 0.29) is 18.3 Å². The summed E-state index contributed by atoms with van der Waals surface area (Å²) in [6.45, 7) is 2.12. The lowest BCUT2D eigenvalue weighted by Crippen LogP contribution is -2.39. The Morgan fingerprint density at radius 3 is 2.46 bits per heavy atom. The first kappa shape index (κ1) is 16.4. The maximum atomic E-state index is 13.9. The minimum absolute atomic E-state index is 0.0823. The molecular weight excluding hydrogens is 335 g/mol. The Labute approximate surface area is 149 Å². The third-order valence-electron chi connectivity index (χ3n) is 4.75. The summed E-state index contributed by atoms with van der Waals surface area (Å²) >= 11 is 0. The molecule has 1 fully saturated rings. The second-order valence-electron chi connectivity index (χ2n) is 6.32. The molecule has 1 saturated heterocycles. The molecule has 2 heterocycles. The van der Waals surface area contributed by atoms with Gasteiger partial charge in [-0.2, -0.15) is 5.11 Å². The fraction of sp³-hybridized carbons (Fsp3) is 0.263. The highest BCUT2D eigenvalue weighted by atomic mass is 19.1. The van der Waals surface area contributed by atoms with Crippen LogP contribution in [0.1, 0.15) is 18.1 Å². The Bertz CT molecular complexity index is 897. The number of anilines is 1. The number of fused-ring (bicyclic) bond motifs is 1. The van der Waals surface area contributed by atoms with Crippen LogP contribution in [0.4, 0.5) is 10.1 Å². The van der Waals surface area contributed by atoms with Crippen molar-refractivity contribution in [3.05, 3.63) is 65.5 Å². The Kier molecular flexibility index (Phi) is 3.99. The molecule has 6 nitrogen and oxygen atoms in total. The molecule has 0 bridgehead atoms. The van der Waals surface area contributed by atoms with E-state index in [2.05, 4.69) is 10.3 Å². The highest BCUT2D eigenvalue weighted by Gasteiger charge is 2.54. The van der Waals surface area contributed by atoms with Crippen molar-refractivity contribution in [3.63, 3.8) is 0 Å². The van der Waals surface area contributed by atoms with E-state index in [4.69, 9.17) is 0 Å². The van der Waals surface area contributed by atoms with Crippen LogP contribution in [0.2, 0.25) is 0 Å². The second kappa shape index (κ2) is 6.33. The number of carbonyl (C=O) groups excluding carboxylic acids is 2. The second-order valence-corrected chi connectivity index (χ2v) is 6.32. The fourth-order valence-corrected chi connectivity index (χ4v) is 3.29. The minimum atomic E-state index is -0.875. The molecule has 2 aliphatic heterocycles. The van der Waals surface area contributed by atoms with Crippen molar-refractivity contribution < 1.29 is 14.0 Å². The first-order valence-corrected chi connectivity index (χ1v) is 8.47. The number of hydrogen-bond donors (Lipinski definition) is 0. The number of nitrogens with zero attached hydrogens (tertiary/aromatic N) is 4. The predicted octanol–water partition coefficient (Wildman–Crippen LogP) is 2.88. The van der Waals surface area contributed by atoms with Crippen molar-refractivity contribution in [3.8, 4) is 0 Å². The number of rotatable bonds is 4. The monoisotopic (exact) mass is 352 g/mol. The molecule has 2 aromatic rings. The zero-order valence-corrected chi connectivity index (χ0v) is 14.2. The molecule has 0 N–H and O–H groups in total. The van der Waals surface area contributed by atoms with Gasteiger partial charge in [-0.25, -0.2) is 9.29 Å². The number of aryl methyl sites for hydroxylation is 1. The quantitative estimate of drug-likeness (QED) is 0.795. The maximum Gasteiger partial charge on any atom is 0.263 e. The molecule has 132 valence electrons. The average molecular weight is 352 g/mol. The largest absolute Gasteiger partial charge is 0.271 e. The lowest BCUT2D eigenvalue weighted by atomic mass is 10.1. The Morgan fingerprint density at radius 1 is 1.04 bits per heavy atom. The molecule has 0 aliphatic carbocycles. The molecule has 7 heteroatoms. The van der Waals surface area contributed by atoms with Gasteiger partial charge in [-0.15, -0.1) is 0 Å². The van der Waals surface area contributed by atoms with Gasteiger partial charge in [0.2, 0.25) is 0 Å². The Hall–Kier alpha value is -3.09. The van der Waals surface area contributed by atoms with Gasteiger partial charge in [0.05, 0.1) is 12.2 Å². The van der Waals surface area contributed by atoms with Crippen molar-refractivity contribution in [2.75, 3.05) is 4.90 Å². The summed E-state index contributed by atoms with van der Waals surface area (Å²) in [7, 11) is 0. The number of benzene rings is 2. The van der Waals surface area contributed by atoms with Crippen LogP contribution in [-0.2, 0) is 22.6 Å². The van der Waals surface area contributed by atoms with Crippen molar-refractivity contribution in [1.29, 1.82) is 0 Å². The van der Waals surface area contributed by atoms with Gasteiger partial charge >= 0.3 is 0 Å². The van der Waals surface area contributed by atoms with Crippen molar-refractivity contribution in [2.45, 2.75) is 32.0 Å². The molecule has 0 spiro atoms. The topological polar surface area (TPSA) is 65.3 Å². The Morgan fingerprint density at radius 2 is 1.77 bits per heavy atom. The number of carbonyl (C=O) groups is 2. The van der Waals surface area contributed by atoms with E-state index in [0.717, 1.165) is 16.9 Å². The predicted molar refractivity (Wildman–Crippen MR) is 92.7 cm³/mol. The number of hydrogen-bond acceptors (Lipinski definition) is 5. The zero-order chi connectivity index (χ0) is 18.3. The van der Waals surface area contributed by atoms with E-state index in [1.165, 1.54) is 11.1 Å². The smallest absolute Gasteiger partial charge is 0.263 e. The molecule has 4 rings (SSSR count). The summed E-state index contributed by atoms with van der Waals surface area (Å²) in [5.41, 5.74) is 2.04. The van der Waals surface area contributed by atoms with Crippen LogP contribution in [0.3, 0.4) is 0 Å². The van der Waals surface area contributed by atoms with E-state index in [1.807, 2.05) is 19.1 Å². The van der Waals surface area contributed by atoms with Gasteiger partial charge in [0.25, 0.3) is 11.8 Å². The van der Waals surface area contributed by atoms with Crippen LogP contribution in [0.5, 0.6) is 0 Å². The van der Waals surface area contributed by atoms with Crippen LogP contribution in [0.15, 0.2) is 58.9 Å². The van der Waals surface area contributed by atoms with Crippen LogP contribution in [-0.4, -0.2) is 28.9 Å². The molecular formula is C19H17FN4O2. The van der Waals surface area contributed by atoms with Crippen LogP contribution >= 0.6 is 0 Å². The Balaban J connectivity index is 1.60. The maximum absolute atomic E-state index is 13.9. The molecule has 0 radical (unpaired) electrons. The van der Waals surface area contributed by atoms with Crippen LogP contribution in [0.25, 0.3) is 0 Å². The third-order valence-corrected chi connectivity index (χ3v) is 4.75. The van der Waals surface area contributed by atoms with Gasteiger partial charge in [0.15, 0.2) is 12.1 Å². The SMILES string of the molecule is CCc1ccc(N2C(=O)[C@H]3N=NN(Cc4ccccc4F)[C@@H]3C2=O)cc1. The van der Waals surface area contributed by atoms with Gasteiger partial charge in [-0.05, 0) is 30.2 Å². The molecule has 2 aromatic carbocycles. The summed E-state index contributed by atoms with van der Waals surface area (Å²) in [4.78, 5) is 26.7. The van der Waals surface area contributed by atoms with Gasteiger partial charge in [-0.1, -0.05) is 42.5 Å². The standard InChI is InChI=1S/C19H17FN4O2/c1-2-12-7-9-14(10-8-12)24-18(25)16-17(19(24)26)23(22-21-16)11-13-5-3-4-6-15(13)20/h3-10,16-17H,2,11H2,1H3/t16-,17-/m0/s1. The summed E-state index contributed by atoms with van der Waals surface area (Å²) in [5.74, 6) is -1.16. The van der Waals surface area contributed by atoms with Crippen LogP contribution < -0.4 is 4.90 Å². The molecule has 2 amide bonds. The molecule has 2 atom stereocenters. The van der Waals surface area contributed by atoms with E-state index < -0.39 is 18.0 Å². The first-order chi connectivity index (χ1) is 12.6. The number of halogens is 1. The summed E-state index contributed by atoms with van der Waals surface area (Å²) in [6, 6.07) is 11.9. The molecule has 0 saturated carbocycles. The van der Waals surface area contributed by atoms with Crippen molar-refractivity contribution in [2.24, 2.45) is 10.3 Å². The first-order valence-electron chi connectivity index (χ1n) is 8.47. The molecule has 26 heavy (non-hydrogen) atoms. The summed E-state index contributed by atoms with van der Waals surface area (Å²) in [6.07, 6.45) is 0.873. The number of amides is 2. The number of imide groups is 1. The van der Waals surface area contributed by atoms with Gasteiger partial charge < -0.3 is 0 Å². The van der Waals surface area contributed by atoms with Crippen molar-refractivity contribution in [1.82, 2.24) is 5.01 Å². The van der Waals surface area contributed by atoms with Gasteiger partial charge in [0.1, 0.15) is 5.82 Å². The zero-order valence-electron chi connectivity index (χ0n) is 14.2. The minimum Gasteiger partial charge on any atom is -0.271 e. The highest BCUT2D eigenvalue weighted by molar-refractivity contribution is 6.25. The molecule has 2 aliphatic rings. The summed E-state index contributed by atoms with van der Waals surface area (Å²) in [5, 5.41) is 9.29. The van der Waals surface area contributed by atoms with Crippen molar-refractivity contribution >= 4 is 17.5 Å². The van der Waals surface area contributed by atoms with E-state index >= 15 is 0 Å². The highest BCUT2D eigenvalue weighted by Crippen LogP contribution is 2.33.